The number of unbranched alkanes of at least 4 members (excludes halogenated alkanes) is 1. The van der Waals surface area contributed by atoms with Crippen molar-refractivity contribution in [3.05, 3.63) is 59.9 Å². The summed E-state index contributed by atoms with van der Waals surface area (Å²) in [7, 11) is 0. The number of pyridine rings is 1. The third-order valence-corrected chi connectivity index (χ3v) is 5.07. The molecule has 152 valence electrons. The van der Waals surface area contributed by atoms with Crippen LogP contribution in [0.2, 0.25) is 0 Å². The summed E-state index contributed by atoms with van der Waals surface area (Å²) in [5, 5.41) is 3.44. The van der Waals surface area contributed by atoms with E-state index >= 15 is 0 Å². The molecule has 0 aliphatic carbocycles. The van der Waals surface area contributed by atoms with Gasteiger partial charge in [-0.25, -0.2) is 0 Å². The third-order valence-electron chi connectivity index (χ3n) is 5.07. The first-order valence-electron chi connectivity index (χ1n) is 9.76. The zero-order chi connectivity index (χ0) is 19.8. The number of hydrogen-bond acceptors (Lipinski definition) is 4. The number of nitrogens with zero attached hydrogens (tertiary/aromatic N) is 3. The van der Waals surface area contributed by atoms with Crippen molar-refractivity contribution in [1.29, 1.82) is 0 Å². The molecule has 1 aromatic heterocycles. The Morgan fingerprint density at radius 2 is 1.71 bits per heavy atom. The molecule has 0 unspecified atom stereocenters. The van der Waals surface area contributed by atoms with Crippen LogP contribution in [0.15, 0.2) is 48.8 Å². The number of alkyl halides is 3. The number of piperazine rings is 1. The van der Waals surface area contributed by atoms with Crippen LogP contribution in [-0.4, -0.2) is 49.2 Å². The highest BCUT2D eigenvalue weighted by atomic mass is 19.4. The van der Waals surface area contributed by atoms with E-state index in [0.29, 0.717) is 5.69 Å². The molecule has 1 saturated heterocycles. The van der Waals surface area contributed by atoms with Crippen LogP contribution in [0.3, 0.4) is 0 Å². The van der Waals surface area contributed by atoms with Crippen LogP contribution in [0, 0.1) is 0 Å². The molecule has 4 nitrogen and oxygen atoms in total. The van der Waals surface area contributed by atoms with Gasteiger partial charge in [0.2, 0.25) is 0 Å². The zero-order valence-corrected chi connectivity index (χ0v) is 16.0. The molecule has 0 bridgehead atoms. The second-order valence-electron chi connectivity index (χ2n) is 7.12. The van der Waals surface area contributed by atoms with Crippen molar-refractivity contribution in [1.82, 2.24) is 15.2 Å². The molecule has 0 amide bonds. The molecule has 28 heavy (non-hydrogen) atoms. The van der Waals surface area contributed by atoms with Crippen molar-refractivity contribution in [2.75, 3.05) is 44.2 Å². The van der Waals surface area contributed by atoms with E-state index in [-0.39, 0.29) is 0 Å². The first kappa shape index (κ1) is 20.6. The van der Waals surface area contributed by atoms with E-state index in [1.165, 1.54) is 17.7 Å². The number of halogens is 3. The SMILES string of the molecule is FC(F)(F)c1cccc(N2CCN(CCCCNCc3ccncc3)CC2)c1. The second-order valence-corrected chi connectivity index (χ2v) is 7.12. The highest BCUT2D eigenvalue weighted by Gasteiger charge is 2.31. The summed E-state index contributed by atoms with van der Waals surface area (Å²) in [6.45, 7) is 6.18. The van der Waals surface area contributed by atoms with E-state index in [2.05, 4.69) is 15.2 Å². The smallest absolute Gasteiger partial charge is 0.369 e. The average molecular weight is 392 g/mol. The molecular weight excluding hydrogens is 365 g/mol. The number of benzene rings is 1. The number of nitrogens with one attached hydrogen (secondary N) is 1. The molecule has 2 aromatic rings. The van der Waals surface area contributed by atoms with Gasteiger partial charge >= 0.3 is 6.18 Å². The van der Waals surface area contributed by atoms with Crippen LogP contribution in [0.5, 0.6) is 0 Å². The van der Waals surface area contributed by atoms with Gasteiger partial charge in [0.25, 0.3) is 0 Å². The monoisotopic (exact) mass is 392 g/mol. The molecule has 1 N–H and O–H groups in total. The zero-order valence-electron chi connectivity index (χ0n) is 16.0. The normalized spacial score (nSPS) is 15.8. The Morgan fingerprint density at radius 1 is 0.964 bits per heavy atom. The molecule has 7 heteroatoms. The number of hydrogen-bond donors (Lipinski definition) is 1. The quantitative estimate of drug-likeness (QED) is 0.693. The third kappa shape index (κ3) is 6.21. The highest BCUT2D eigenvalue weighted by molar-refractivity contribution is 5.49. The lowest BCUT2D eigenvalue weighted by Gasteiger charge is -2.36. The Kier molecular flexibility index (Phi) is 7.28. The van der Waals surface area contributed by atoms with Gasteiger partial charge in [0, 0.05) is 50.8 Å². The summed E-state index contributed by atoms with van der Waals surface area (Å²) >= 11 is 0. The lowest BCUT2D eigenvalue weighted by Crippen LogP contribution is -2.46. The molecule has 0 saturated carbocycles. The van der Waals surface area contributed by atoms with Crippen LogP contribution in [0.1, 0.15) is 24.0 Å². The topological polar surface area (TPSA) is 31.4 Å². The van der Waals surface area contributed by atoms with Gasteiger partial charge in [0.05, 0.1) is 5.56 Å². The Bertz CT molecular complexity index is 713. The summed E-state index contributed by atoms with van der Waals surface area (Å²) in [5.74, 6) is 0. The molecule has 0 atom stereocenters. The van der Waals surface area contributed by atoms with E-state index in [4.69, 9.17) is 0 Å². The maximum Gasteiger partial charge on any atom is 0.416 e. The summed E-state index contributed by atoms with van der Waals surface area (Å²) in [5.41, 5.74) is 1.32. The summed E-state index contributed by atoms with van der Waals surface area (Å²) in [6, 6.07) is 9.66. The van der Waals surface area contributed by atoms with Crippen LogP contribution in [0.25, 0.3) is 0 Å². The van der Waals surface area contributed by atoms with Gasteiger partial charge in [-0.05, 0) is 61.8 Å². The van der Waals surface area contributed by atoms with Gasteiger partial charge in [-0.2, -0.15) is 13.2 Å². The average Bonchev–Trinajstić information content (AvgIpc) is 2.71. The molecule has 1 fully saturated rings. The standard InChI is InChI=1S/C21H27F3N4/c22-21(23,24)19-4-3-5-20(16-19)28-14-12-27(13-15-28)11-2-1-8-26-17-18-6-9-25-10-7-18/h3-7,9-10,16,26H,1-2,8,11-15,17H2. The van der Waals surface area contributed by atoms with Gasteiger partial charge in [0.1, 0.15) is 0 Å². The van der Waals surface area contributed by atoms with Gasteiger partial charge in [-0.15, -0.1) is 0 Å². The fraction of sp³-hybridized carbons (Fsp3) is 0.476. The number of anilines is 1. The summed E-state index contributed by atoms with van der Waals surface area (Å²) < 4.78 is 38.7. The van der Waals surface area contributed by atoms with Gasteiger partial charge < -0.3 is 10.2 Å². The van der Waals surface area contributed by atoms with E-state index in [9.17, 15) is 13.2 Å². The minimum Gasteiger partial charge on any atom is -0.369 e. The number of aromatic nitrogens is 1. The molecule has 0 radical (unpaired) electrons. The molecule has 1 aliphatic heterocycles. The van der Waals surface area contributed by atoms with Crippen molar-refractivity contribution >= 4 is 5.69 Å². The van der Waals surface area contributed by atoms with Crippen molar-refractivity contribution in [2.45, 2.75) is 25.6 Å². The molecule has 1 aromatic carbocycles. The van der Waals surface area contributed by atoms with Crippen molar-refractivity contribution in [3.63, 3.8) is 0 Å². The first-order chi connectivity index (χ1) is 13.5. The minimum atomic E-state index is -4.29. The fourth-order valence-corrected chi connectivity index (χ4v) is 3.43. The predicted molar refractivity (Wildman–Crippen MR) is 105 cm³/mol. The maximum absolute atomic E-state index is 12.9. The van der Waals surface area contributed by atoms with Gasteiger partial charge in [0.15, 0.2) is 0 Å². The second kappa shape index (κ2) is 9.89. The number of rotatable bonds is 8. The molecule has 2 heterocycles. The Balaban J connectivity index is 1.32. The van der Waals surface area contributed by atoms with Crippen LogP contribution in [-0.2, 0) is 12.7 Å². The summed E-state index contributed by atoms with van der Waals surface area (Å²) in [6.07, 6.45) is 1.54. The van der Waals surface area contributed by atoms with Crippen molar-refractivity contribution in [2.24, 2.45) is 0 Å². The lowest BCUT2D eigenvalue weighted by molar-refractivity contribution is -0.137. The van der Waals surface area contributed by atoms with E-state index in [1.54, 1.807) is 18.5 Å². The Morgan fingerprint density at radius 3 is 2.43 bits per heavy atom. The van der Waals surface area contributed by atoms with Gasteiger partial charge in [-0.3, -0.25) is 9.88 Å². The Labute approximate surface area is 164 Å². The van der Waals surface area contributed by atoms with Crippen LogP contribution in [0.4, 0.5) is 18.9 Å². The highest BCUT2D eigenvalue weighted by Crippen LogP contribution is 2.31. The largest absolute Gasteiger partial charge is 0.416 e. The van der Waals surface area contributed by atoms with E-state index < -0.39 is 11.7 Å². The fourth-order valence-electron chi connectivity index (χ4n) is 3.43. The lowest BCUT2D eigenvalue weighted by atomic mass is 10.1. The predicted octanol–water partition coefficient (Wildman–Crippen LogP) is 3.79. The van der Waals surface area contributed by atoms with Crippen molar-refractivity contribution in [3.8, 4) is 0 Å². The van der Waals surface area contributed by atoms with Gasteiger partial charge in [-0.1, -0.05) is 6.07 Å². The minimum absolute atomic E-state index is 0.577. The Hall–Kier alpha value is -2.12. The molecule has 0 spiro atoms. The van der Waals surface area contributed by atoms with Crippen LogP contribution < -0.4 is 10.2 Å². The van der Waals surface area contributed by atoms with E-state index in [0.717, 1.165) is 64.7 Å². The molecular formula is C21H27F3N4. The molecule has 3 rings (SSSR count). The molecule has 1 aliphatic rings. The van der Waals surface area contributed by atoms with E-state index in [1.807, 2.05) is 17.0 Å². The van der Waals surface area contributed by atoms with Crippen LogP contribution >= 0.6 is 0 Å². The maximum atomic E-state index is 12.9. The summed E-state index contributed by atoms with van der Waals surface area (Å²) in [4.78, 5) is 8.45. The first-order valence-corrected chi connectivity index (χ1v) is 9.76. The van der Waals surface area contributed by atoms with Crippen molar-refractivity contribution < 1.29 is 13.2 Å².